The molecule has 0 aliphatic carbocycles. The Labute approximate surface area is 109 Å². The van der Waals surface area contributed by atoms with Crippen molar-refractivity contribution >= 4 is 0 Å². The first kappa shape index (κ1) is 14.3. The van der Waals surface area contributed by atoms with Crippen molar-refractivity contribution in [3.63, 3.8) is 0 Å². The Bertz CT molecular complexity index is 604. The molecule has 1 aromatic carbocycles. The quantitative estimate of drug-likeness (QED) is 0.737. The van der Waals surface area contributed by atoms with E-state index in [1.165, 1.54) is 18.3 Å². The molecule has 0 radical (unpaired) electrons. The maximum absolute atomic E-state index is 12.9. The molecule has 8 heteroatoms. The molecule has 1 heterocycles. The fraction of sp³-hybridized carbons (Fsp3) is 0.167. The molecule has 0 saturated carbocycles. The summed E-state index contributed by atoms with van der Waals surface area (Å²) < 4.78 is 76.1. The van der Waals surface area contributed by atoms with Crippen molar-refractivity contribution in [1.82, 2.24) is 10.2 Å². The molecule has 0 amide bonds. The van der Waals surface area contributed by atoms with E-state index in [0.29, 0.717) is 6.07 Å². The van der Waals surface area contributed by atoms with E-state index in [2.05, 4.69) is 10.2 Å². The molecule has 106 valence electrons. The summed E-state index contributed by atoms with van der Waals surface area (Å²) in [6, 6.07) is 3.99. The minimum Gasteiger partial charge on any atom is -0.166 e. The van der Waals surface area contributed by atoms with Gasteiger partial charge in [0.2, 0.25) is 0 Å². The molecule has 2 rings (SSSR count). The first-order valence-corrected chi connectivity index (χ1v) is 5.26. The van der Waals surface area contributed by atoms with Crippen LogP contribution in [-0.4, -0.2) is 10.2 Å². The Morgan fingerprint density at radius 2 is 1.55 bits per heavy atom. The van der Waals surface area contributed by atoms with E-state index in [1.807, 2.05) is 0 Å². The topological polar surface area (TPSA) is 25.8 Å². The Hall–Kier alpha value is -2.12. The molecule has 2 nitrogen and oxygen atoms in total. The first-order valence-electron chi connectivity index (χ1n) is 5.26. The molecule has 0 fully saturated rings. The third kappa shape index (κ3) is 2.89. The van der Waals surface area contributed by atoms with Crippen LogP contribution in [-0.2, 0) is 12.4 Å². The van der Waals surface area contributed by atoms with Gasteiger partial charge in [-0.25, -0.2) is 0 Å². The van der Waals surface area contributed by atoms with Crippen LogP contribution in [0, 0.1) is 0 Å². The van der Waals surface area contributed by atoms with E-state index in [-0.39, 0.29) is 11.8 Å². The summed E-state index contributed by atoms with van der Waals surface area (Å²) in [4.78, 5) is 0. The maximum atomic E-state index is 12.9. The predicted molar refractivity (Wildman–Crippen MR) is 57.5 cm³/mol. The standard InChI is InChI=1S/C12H6F6N2/c13-11(14,15)7-3-4-8(9(6-7)12(16,17)18)10-2-1-5-19-20-10/h1-6H. The molecule has 2 aromatic rings. The zero-order chi connectivity index (χ0) is 15.0. The Kier molecular flexibility index (Phi) is 3.41. The molecule has 0 unspecified atom stereocenters. The predicted octanol–water partition coefficient (Wildman–Crippen LogP) is 4.18. The van der Waals surface area contributed by atoms with Crippen LogP contribution in [0.25, 0.3) is 11.3 Å². The number of hydrogen-bond donors (Lipinski definition) is 0. The van der Waals surface area contributed by atoms with Crippen molar-refractivity contribution in [1.29, 1.82) is 0 Å². The number of alkyl halides is 6. The number of halogens is 6. The minimum absolute atomic E-state index is 0.0734. The van der Waals surface area contributed by atoms with E-state index in [9.17, 15) is 26.3 Å². The van der Waals surface area contributed by atoms with Crippen LogP contribution in [0.5, 0.6) is 0 Å². The Morgan fingerprint density at radius 3 is 2.05 bits per heavy atom. The van der Waals surface area contributed by atoms with E-state index in [1.54, 1.807) is 0 Å². The molecule has 0 N–H and O–H groups in total. The molecule has 0 bridgehead atoms. The average molecular weight is 292 g/mol. The zero-order valence-electron chi connectivity index (χ0n) is 9.63. The van der Waals surface area contributed by atoms with Gasteiger partial charge in [0.25, 0.3) is 0 Å². The minimum atomic E-state index is -4.92. The maximum Gasteiger partial charge on any atom is 0.417 e. The van der Waals surface area contributed by atoms with E-state index < -0.39 is 29.0 Å². The molecule has 0 saturated heterocycles. The first-order chi connectivity index (χ1) is 9.19. The second-order valence-corrected chi connectivity index (χ2v) is 3.86. The highest BCUT2D eigenvalue weighted by Gasteiger charge is 2.38. The lowest BCUT2D eigenvalue weighted by Gasteiger charge is -2.15. The van der Waals surface area contributed by atoms with E-state index >= 15 is 0 Å². The van der Waals surface area contributed by atoms with Gasteiger partial charge in [-0.3, -0.25) is 0 Å². The normalized spacial score (nSPS) is 12.5. The van der Waals surface area contributed by atoms with Gasteiger partial charge in [0.1, 0.15) is 0 Å². The summed E-state index contributed by atoms with van der Waals surface area (Å²) in [7, 11) is 0. The van der Waals surface area contributed by atoms with Crippen molar-refractivity contribution in [3.05, 3.63) is 47.7 Å². The second kappa shape index (κ2) is 4.77. The Morgan fingerprint density at radius 1 is 0.850 bits per heavy atom. The van der Waals surface area contributed by atoms with Gasteiger partial charge in [-0.2, -0.15) is 36.5 Å². The fourth-order valence-corrected chi connectivity index (χ4v) is 1.62. The molecule has 20 heavy (non-hydrogen) atoms. The third-order valence-electron chi connectivity index (χ3n) is 2.50. The number of aromatic nitrogens is 2. The smallest absolute Gasteiger partial charge is 0.166 e. The summed E-state index contributed by atoms with van der Waals surface area (Å²) in [5.74, 6) is 0. The summed E-state index contributed by atoms with van der Waals surface area (Å²) in [6.07, 6.45) is -8.52. The molecule has 0 spiro atoms. The molecular weight excluding hydrogens is 286 g/mol. The van der Waals surface area contributed by atoms with Gasteiger partial charge in [0, 0.05) is 11.8 Å². The summed E-state index contributed by atoms with van der Waals surface area (Å²) in [5.41, 5.74) is -3.35. The van der Waals surface area contributed by atoms with Gasteiger partial charge in [0.05, 0.1) is 16.8 Å². The van der Waals surface area contributed by atoms with Gasteiger partial charge in [-0.1, -0.05) is 6.07 Å². The molecule has 0 aliphatic heterocycles. The highest BCUT2D eigenvalue weighted by atomic mass is 19.4. The van der Waals surface area contributed by atoms with E-state index in [0.717, 1.165) is 6.07 Å². The lowest BCUT2D eigenvalue weighted by Crippen LogP contribution is -2.12. The monoisotopic (exact) mass is 292 g/mol. The van der Waals surface area contributed by atoms with Gasteiger partial charge < -0.3 is 0 Å². The van der Waals surface area contributed by atoms with E-state index in [4.69, 9.17) is 0 Å². The van der Waals surface area contributed by atoms with Crippen molar-refractivity contribution in [2.75, 3.05) is 0 Å². The van der Waals surface area contributed by atoms with Gasteiger partial charge >= 0.3 is 12.4 Å². The highest BCUT2D eigenvalue weighted by Crippen LogP contribution is 2.40. The van der Waals surface area contributed by atoms with Gasteiger partial charge in [0.15, 0.2) is 0 Å². The van der Waals surface area contributed by atoms with Gasteiger partial charge in [-0.05, 0) is 24.3 Å². The largest absolute Gasteiger partial charge is 0.417 e. The second-order valence-electron chi connectivity index (χ2n) is 3.86. The summed E-state index contributed by atoms with van der Waals surface area (Å²) >= 11 is 0. The molecule has 1 aromatic heterocycles. The number of rotatable bonds is 1. The molecule has 0 aliphatic rings. The number of nitrogens with zero attached hydrogens (tertiary/aromatic N) is 2. The van der Waals surface area contributed by atoms with Crippen molar-refractivity contribution in [3.8, 4) is 11.3 Å². The van der Waals surface area contributed by atoms with Crippen LogP contribution in [0.4, 0.5) is 26.3 Å². The van der Waals surface area contributed by atoms with Crippen LogP contribution >= 0.6 is 0 Å². The van der Waals surface area contributed by atoms with Crippen LogP contribution in [0.1, 0.15) is 11.1 Å². The van der Waals surface area contributed by atoms with Crippen molar-refractivity contribution in [2.24, 2.45) is 0 Å². The highest BCUT2D eigenvalue weighted by molar-refractivity contribution is 5.64. The lowest BCUT2D eigenvalue weighted by atomic mass is 10.0. The molecule has 0 atom stereocenters. The summed E-state index contributed by atoms with van der Waals surface area (Å²) in [6.45, 7) is 0. The molecular formula is C12H6F6N2. The van der Waals surface area contributed by atoms with Crippen molar-refractivity contribution < 1.29 is 26.3 Å². The number of hydrogen-bond acceptors (Lipinski definition) is 2. The summed E-state index contributed by atoms with van der Waals surface area (Å²) in [5, 5.41) is 6.90. The van der Waals surface area contributed by atoms with Gasteiger partial charge in [-0.15, -0.1) is 0 Å². The van der Waals surface area contributed by atoms with Crippen LogP contribution < -0.4 is 0 Å². The third-order valence-corrected chi connectivity index (χ3v) is 2.50. The average Bonchev–Trinajstić information content (AvgIpc) is 2.37. The lowest BCUT2D eigenvalue weighted by molar-refractivity contribution is -0.142. The van der Waals surface area contributed by atoms with Crippen molar-refractivity contribution in [2.45, 2.75) is 12.4 Å². The zero-order valence-corrected chi connectivity index (χ0v) is 9.63. The van der Waals surface area contributed by atoms with Crippen LogP contribution in [0.3, 0.4) is 0 Å². The number of benzene rings is 1. The van der Waals surface area contributed by atoms with Crippen LogP contribution in [0.2, 0.25) is 0 Å². The SMILES string of the molecule is FC(F)(F)c1ccc(-c2cccnn2)c(C(F)(F)F)c1. The van der Waals surface area contributed by atoms with Crippen LogP contribution in [0.15, 0.2) is 36.5 Å². The fourth-order valence-electron chi connectivity index (χ4n) is 1.62. The Balaban J connectivity index is 2.65.